The third-order valence-electron chi connectivity index (χ3n) is 4.85. The van der Waals surface area contributed by atoms with Crippen LogP contribution in [0.15, 0.2) is 42.5 Å². The third-order valence-corrected chi connectivity index (χ3v) is 5.21. The summed E-state index contributed by atoms with van der Waals surface area (Å²) in [7, 11) is 0. The van der Waals surface area contributed by atoms with Gasteiger partial charge in [-0.15, -0.1) is 0 Å². The molecule has 0 radical (unpaired) electrons. The fourth-order valence-corrected chi connectivity index (χ4v) is 3.40. The number of nitrogens with zero attached hydrogens (tertiary/aromatic N) is 3. The molecule has 1 fully saturated rings. The second kappa shape index (κ2) is 9.64. The van der Waals surface area contributed by atoms with E-state index in [2.05, 4.69) is 10.2 Å². The van der Waals surface area contributed by atoms with Gasteiger partial charge in [0.2, 0.25) is 5.91 Å². The molecule has 30 heavy (non-hydrogen) atoms. The molecule has 1 aliphatic heterocycles. The molecule has 0 aromatic heterocycles. The molecule has 8 nitrogen and oxygen atoms in total. The maximum Gasteiger partial charge on any atom is 0.270 e. The van der Waals surface area contributed by atoms with Crippen molar-refractivity contribution < 1.29 is 18.9 Å². The number of nitro benzene ring substituents is 1. The molecule has 2 amide bonds. The van der Waals surface area contributed by atoms with E-state index in [1.165, 1.54) is 36.4 Å². The molecule has 0 saturated carbocycles. The summed E-state index contributed by atoms with van der Waals surface area (Å²) in [6.07, 6.45) is 0. The molecule has 2 aromatic carbocycles. The zero-order chi connectivity index (χ0) is 21.7. The van der Waals surface area contributed by atoms with Crippen LogP contribution >= 0.6 is 11.6 Å². The number of benzene rings is 2. The molecule has 1 N–H and O–H groups in total. The summed E-state index contributed by atoms with van der Waals surface area (Å²) in [5.41, 5.74) is 0.756. The molecular weight excluding hydrogens is 415 g/mol. The Morgan fingerprint density at radius 1 is 1.13 bits per heavy atom. The van der Waals surface area contributed by atoms with Crippen LogP contribution in [0, 0.1) is 15.9 Å². The molecule has 0 unspecified atom stereocenters. The summed E-state index contributed by atoms with van der Waals surface area (Å²) in [5, 5.41) is 13.7. The third kappa shape index (κ3) is 5.52. The molecule has 0 atom stereocenters. The normalized spacial score (nSPS) is 14.4. The lowest BCUT2D eigenvalue weighted by molar-refractivity contribution is -0.384. The first kappa shape index (κ1) is 21.7. The Morgan fingerprint density at radius 3 is 2.53 bits per heavy atom. The SMILES string of the molecule is O=C(NCC(=O)N1CCN(Cc2ccc(F)cc2Cl)CC1)c1cccc([N+](=O)[O-])c1. The Kier molecular flexibility index (Phi) is 6.96. The number of hydrogen-bond acceptors (Lipinski definition) is 5. The molecule has 1 saturated heterocycles. The highest BCUT2D eigenvalue weighted by Crippen LogP contribution is 2.20. The maximum absolute atomic E-state index is 13.2. The zero-order valence-corrected chi connectivity index (χ0v) is 16.8. The van der Waals surface area contributed by atoms with Gasteiger partial charge in [0, 0.05) is 55.4 Å². The molecule has 3 rings (SSSR count). The van der Waals surface area contributed by atoms with E-state index >= 15 is 0 Å². The summed E-state index contributed by atoms with van der Waals surface area (Å²) >= 11 is 6.07. The van der Waals surface area contributed by atoms with Crippen molar-refractivity contribution in [3.8, 4) is 0 Å². The lowest BCUT2D eigenvalue weighted by atomic mass is 10.2. The molecule has 10 heteroatoms. The van der Waals surface area contributed by atoms with Crippen LogP contribution in [0.2, 0.25) is 5.02 Å². The van der Waals surface area contributed by atoms with Crippen molar-refractivity contribution in [2.75, 3.05) is 32.7 Å². The average Bonchev–Trinajstić information content (AvgIpc) is 2.74. The second-order valence-electron chi connectivity index (χ2n) is 6.88. The molecule has 2 aromatic rings. The van der Waals surface area contributed by atoms with Gasteiger partial charge in [-0.25, -0.2) is 4.39 Å². The number of amides is 2. The predicted molar refractivity (Wildman–Crippen MR) is 109 cm³/mol. The fourth-order valence-electron chi connectivity index (χ4n) is 3.18. The molecule has 0 aliphatic carbocycles. The molecule has 0 spiro atoms. The molecule has 1 aliphatic rings. The fraction of sp³-hybridized carbons (Fsp3) is 0.300. The average molecular weight is 435 g/mol. The first-order valence-electron chi connectivity index (χ1n) is 9.30. The van der Waals surface area contributed by atoms with Crippen molar-refractivity contribution >= 4 is 29.1 Å². The monoisotopic (exact) mass is 434 g/mol. The number of nitro groups is 1. The Labute approximate surface area is 177 Å². The van der Waals surface area contributed by atoms with Crippen molar-refractivity contribution in [3.05, 3.63) is 74.5 Å². The number of hydrogen-bond donors (Lipinski definition) is 1. The van der Waals surface area contributed by atoms with Crippen LogP contribution < -0.4 is 5.32 Å². The van der Waals surface area contributed by atoms with Gasteiger partial charge < -0.3 is 10.2 Å². The zero-order valence-electron chi connectivity index (χ0n) is 16.0. The predicted octanol–water partition coefficient (Wildman–Crippen LogP) is 2.46. The van der Waals surface area contributed by atoms with Crippen LogP contribution in [0.3, 0.4) is 0 Å². The highest BCUT2D eigenvalue weighted by molar-refractivity contribution is 6.31. The van der Waals surface area contributed by atoms with Crippen LogP contribution in [0.4, 0.5) is 10.1 Å². The largest absolute Gasteiger partial charge is 0.343 e. The minimum absolute atomic E-state index is 0.123. The van der Waals surface area contributed by atoms with E-state index in [-0.39, 0.29) is 29.5 Å². The van der Waals surface area contributed by atoms with Crippen molar-refractivity contribution in [2.24, 2.45) is 0 Å². The number of nitrogens with one attached hydrogen (secondary N) is 1. The molecule has 0 bridgehead atoms. The Morgan fingerprint density at radius 2 is 1.87 bits per heavy atom. The highest BCUT2D eigenvalue weighted by Gasteiger charge is 2.22. The number of piperazine rings is 1. The highest BCUT2D eigenvalue weighted by atomic mass is 35.5. The Balaban J connectivity index is 1.46. The van der Waals surface area contributed by atoms with Crippen LogP contribution in [-0.4, -0.2) is 59.3 Å². The molecular formula is C20H20ClFN4O4. The van der Waals surface area contributed by atoms with Gasteiger partial charge in [0.05, 0.1) is 11.5 Å². The van der Waals surface area contributed by atoms with E-state index in [4.69, 9.17) is 11.6 Å². The summed E-state index contributed by atoms with van der Waals surface area (Å²) in [4.78, 5) is 38.5. The lowest BCUT2D eigenvalue weighted by Crippen LogP contribution is -2.50. The van der Waals surface area contributed by atoms with Gasteiger partial charge in [-0.3, -0.25) is 24.6 Å². The van der Waals surface area contributed by atoms with E-state index in [0.29, 0.717) is 37.7 Å². The molecule has 158 valence electrons. The number of halogens is 2. The van der Waals surface area contributed by atoms with Crippen molar-refractivity contribution in [2.45, 2.75) is 6.54 Å². The Hall–Kier alpha value is -3.04. The maximum atomic E-state index is 13.2. The number of carbonyl (C=O) groups is 2. The van der Waals surface area contributed by atoms with Gasteiger partial charge in [0.15, 0.2) is 0 Å². The Bertz CT molecular complexity index is 964. The van der Waals surface area contributed by atoms with E-state index in [1.807, 2.05) is 0 Å². The summed E-state index contributed by atoms with van der Waals surface area (Å²) in [6.45, 7) is 2.60. The summed E-state index contributed by atoms with van der Waals surface area (Å²) in [6, 6.07) is 9.62. The topological polar surface area (TPSA) is 95.8 Å². The number of carbonyl (C=O) groups excluding carboxylic acids is 2. The summed E-state index contributed by atoms with van der Waals surface area (Å²) in [5.74, 6) is -1.16. The van der Waals surface area contributed by atoms with Crippen molar-refractivity contribution in [1.29, 1.82) is 0 Å². The number of rotatable bonds is 6. The van der Waals surface area contributed by atoms with Crippen LogP contribution in [0.25, 0.3) is 0 Å². The van der Waals surface area contributed by atoms with Gasteiger partial charge >= 0.3 is 0 Å². The van der Waals surface area contributed by atoms with Crippen molar-refractivity contribution in [1.82, 2.24) is 15.1 Å². The lowest BCUT2D eigenvalue weighted by Gasteiger charge is -2.35. The minimum atomic E-state index is -0.583. The number of non-ortho nitro benzene ring substituents is 1. The van der Waals surface area contributed by atoms with E-state index in [0.717, 1.165) is 5.56 Å². The van der Waals surface area contributed by atoms with Gasteiger partial charge in [-0.2, -0.15) is 0 Å². The van der Waals surface area contributed by atoms with Gasteiger partial charge in [0.1, 0.15) is 5.82 Å². The summed E-state index contributed by atoms with van der Waals surface area (Å²) < 4.78 is 13.2. The van der Waals surface area contributed by atoms with Gasteiger partial charge in [-0.1, -0.05) is 23.7 Å². The second-order valence-corrected chi connectivity index (χ2v) is 7.29. The van der Waals surface area contributed by atoms with E-state index < -0.39 is 10.8 Å². The minimum Gasteiger partial charge on any atom is -0.343 e. The van der Waals surface area contributed by atoms with E-state index in [9.17, 15) is 24.1 Å². The van der Waals surface area contributed by atoms with Crippen LogP contribution in [-0.2, 0) is 11.3 Å². The standard InChI is InChI=1S/C20H20ClFN4O4/c21-18-11-16(22)5-4-15(18)13-24-6-8-25(9-7-24)19(27)12-23-20(28)14-2-1-3-17(10-14)26(29)30/h1-5,10-11H,6-9,12-13H2,(H,23,28). The van der Waals surface area contributed by atoms with Crippen LogP contribution in [0.5, 0.6) is 0 Å². The molecule has 1 heterocycles. The quantitative estimate of drug-likeness (QED) is 0.556. The first-order chi connectivity index (χ1) is 14.3. The van der Waals surface area contributed by atoms with Crippen molar-refractivity contribution in [3.63, 3.8) is 0 Å². The smallest absolute Gasteiger partial charge is 0.270 e. The first-order valence-corrected chi connectivity index (χ1v) is 9.68. The van der Waals surface area contributed by atoms with Gasteiger partial charge in [0.25, 0.3) is 11.6 Å². The van der Waals surface area contributed by atoms with E-state index in [1.54, 1.807) is 11.0 Å². The van der Waals surface area contributed by atoms with Gasteiger partial charge in [-0.05, 0) is 23.8 Å². The van der Waals surface area contributed by atoms with Crippen LogP contribution in [0.1, 0.15) is 15.9 Å².